The molecule has 0 spiro atoms. The number of rotatable bonds is 3. The molecule has 1 amide bonds. The molecule has 140 valence electrons. The second-order valence-electron chi connectivity index (χ2n) is 7.01. The van der Waals surface area contributed by atoms with Crippen molar-refractivity contribution < 1.29 is 22.7 Å². The number of carbonyl (C=O) groups excluding carboxylic acids is 1. The van der Waals surface area contributed by atoms with Gasteiger partial charge < -0.3 is 15.0 Å². The largest absolute Gasteiger partial charge is 0.444 e. The minimum Gasteiger partial charge on any atom is -0.444 e. The number of nitrogens with zero attached hydrogens (tertiary/aromatic N) is 2. The Morgan fingerprint density at radius 3 is 2.68 bits per heavy atom. The van der Waals surface area contributed by atoms with Crippen LogP contribution in [0, 0.1) is 5.92 Å². The van der Waals surface area contributed by atoms with E-state index in [2.05, 4.69) is 10.3 Å². The summed E-state index contributed by atoms with van der Waals surface area (Å²) >= 11 is 5.86. The molecule has 1 aliphatic rings. The fourth-order valence-corrected chi connectivity index (χ4v) is 2.69. The maximum absolute atomic E-state index is 12.6. The van der Waals surface area contributed by atoms with Crippen molar-refractivity contribution in [2.75, 3.05) is 25.0 Å². The highest BCUT2D eigenvalue weighted by molar-refractivity contribution is 6.32. The summed E-state index contributed by atoms with van der Waals surface area (Å²) in [6.07, 6.45) is -3.32. The van der Waals surface area contributed by atoms with Gasteiger partial charge in [-0.15, -0.1) is 0 Å². The van der Waals surface area contributed by atoms with Gasteiger partial charge in [0.15, 0.2) is 0 Å². The maximum Gasteiger partial charge on any atom is 0.417 e. The van der Waals surface area contributed by atoms with Crippen LogP contribution in [-0.2, 0) is 10.9 Å². The van der Waals surface area contributed by atoms with Gasteiger partial charge in [0.2, 0.25) is 0 Å². The monoisotopic (exact) mass is 379 g/mol. The number of halogens is 4. The van der Waals surface area contributed by atoms with E-state index in [0.717, 1.165) is 18.7 Å². The van der Waals surface area contributed by atoms with E-state index in [1.54, 1.807) is 25.7 Å². The molecule has 25 heavy (non-hydrogen) atoms. The van der Waals surface area contributed by atoms with Crippen molar-refractivity contribution in [3.63, 3.8) is 0 Å². The van der Waals surface area contributed by atoms with Crippen LogP contribution in [0.15, 0.2) is 12.3 Å². The maximum atomic E-state index is 12.6. The third-order valence-corrected chi connectivity index (χ3v) is 3.95. The van der Waals surface area contributed by atoms with Crippen LogP contribution in [0.25, 0.3) is 0 Å². The topological polar surface area (TPSA) is 54.5 Å². The third kappa shape index (κ3) is 5.66. The van der Waals surface area contributed by atoms with Crippen molar-refractivity contribution in [1.82, 2.24) is 9.88 Å². The van der Waals surface area contributed by atoms with Crippen LogP contribution in [0.4, 0.5) is 23.8 Å². The van der Waals surface area contributed by atoms with Gasteiger partial charge in [-0.2, -0.15) is 13.2 Å². The fraction of sp³-hybridized carbons (Fsp3) is 0.625. The first-order chi connectivity index (χ1) is 11.5. The van der Waals surface area contributed by atoms with Gasteiger partial charge in [0, 0.05) is 25.8 Å². The zero-order valence-electron chi connectivity index (χ0n) is 14.3. The van der Waals surface area contributed by atoms with Gasteiger partial charge in [0.1, 0.15) is 11.4 Å². The summed E-state index contributed by atoms with van der Waals surface area (Å²) in [5.74, 6) is 0.345. The number of ether oxygens (including phenoxy) is 1. The lowest BCUT2D eigenvalue weighted by Crippen LogP contribution is -2.35. The van der Waals surface area contributed by atoms with E-state index in [0.29, 0.717) is 19.6 Å². The number of carbonyl (C=O) groups is 1. The summed E-state index contributed by atoms with van der Waals surface area (Å²) in [6.45, 7) is 6.96. The number of hydrogen-bond acceptors (Lipinski definition) is 4. The molecule has 1 N–H and O–H groups in total. The number of anilines is 1. The van der Waals surface area contributed by atoms with Gasteiger partial charge in [0.25, 0.3) is 0 Å². The molecule has 2 rings (SSSR count). The number of aromatic nitrogens is 1. The molecular formula is C16H21ClF3N3O2. The minimum atomic E-state index is -4.48. The van der Waals surface area contributed by atoms with Gasteiger partial charge in [-0.25, -0.2) is 9.78 Å². The van der Waals surface area contributed by atoms with Gasteiger partial charge >= 0.3 is 12.3 Å². The summed E-state index contributed by atoms with van der Waals surface area (Å²) in [5, 5.41) is 2.87. The molecule has 0 aliphatic carbocycles. The fourth-order valence-electron chi connectivity index (χ4n) is 2.46. The second-order valence-corrected chi connectivity index (χ2v) is 7.42. The standard InChI is InChI=1S/C16H21ClF3N3O2/c1-15(2,3)25-14(24)23-5-4-10(9-23)7-21-13-12(17)6-11(8-22-13)16(18,19)20/h6,8,10H,4-5,7,9H2,1-3H3,(H,21,22)/t10-/m0/s1. The van der Waals surface area contributed by atoms with Gasteiger partial charge in [-0.3, -0.25) is 0 Å². The Balaban J connectivity index is 1.88. The van der Waals surface area contributed by atoms with E-state index in [1.807, 2.05) is 0 Å². The van der Waals surface area contributed by atoms with Gasteiger partial charge in [-0.1, -0.05) is 11.6 Å². The predicted molar refractivity (Wildman–Crippen MR) is 88.7 cm³/mol. The molecule has 5 nitrogen and oxygen atoms in total. The zero-order valence-corrected chi connectivity index (χ0v) is 15.0. The van der Waals surface area contributed by atoms with Crippen molar-refractivity contribution in [1.29, 1.82) is 0 Å². The Morgan fingerprint density at radius 1 is 1.44 bits per heavy atom. The minimum absolute atomic E-state index is 0.0863. The molecule has 1 saturated heterocycles. The quantitative estimate of drug-likeness (QED) is 0.844. The van der Waals surface area contributed by atoms with Crippen LogP contribution in [0.5, 0.6) is 0 Å². The Bertz CT molecular complexity index is 632. The van der Waals surface area contributed by atoms with E-state index in [1.165, 1.54) is 0 Å². The zero-order chi connectivity index (χ0) is 18.8. The number of likely N-dealkylation sites (tertiary alicyclic amines) is 1. The molecule has 9 heteroatoms. The number of amides is 1. The lowest BCUT2D eigenvalue weighted by atomic mass is 10.1. The van der Waals surface area contributed by atoms with Gasteiger partial charge in [-0.05, 0) is 39.2 Å². The number of pyridine rings is 1. The normalized spacial score (nSPS) is 18.4. The Kier molecular flexibility index (Phi) is 5.71. The Hall–Kier alpha value is -1.70. The molecule has 0 aromatic carbocycles. The lowest BCUT2D eigenvalue weighted by molar-refractivity contribution is -0.137. The molecule has 1 fully saturated rings. The molecule has 0 bridgehead atoms. The van der Waals surface area contributed by atoms with Crippen molar-refractivity contribution >= 4 is 23.5 Å². The van der Waals surface area contributed by atoms with Crippen LogP contribution in [0.1, 0.15) is 32.8 Å². The van der Waals surface area contributed by atoms with Crippen molar-refractivity contribution in [3.8, 4) is 0 Å². The lowest BCUT2D eigenvalue weighted by Gasteiger charge is -2.24. The van der Waals surface area contributed by atoms with Crippen molar-refractivity contribution in [3.05, 3.63) is 22.8 Å². The van der Waals surface area contributed by atoms with Gasteiger partial charge in [0.05, 0.1) is 10.6 Å². The number of hydrogen-bond donors (Lipinski definition) is 1. The molecule has 1 aromatic rings. The Morgan fingerprint density at radius 2 is 2.12 bits per heavy atom. The van der Waals surface area contributed by atoms with Crippen molar-refractivity contribution in [2.24, 2.45) is 5.92 Å². The number of nitrogens with one attached hydrogen (secondary N) is 1. The highest BCUT2D eigenvalue weighted by Gasteiger charge is 2.32. The molecule has 1 atom stereocenters. The molecule has 1 aromatic heterocycles. The summed E-state index contributed by atoms with van der Waals surface area (Å²) in [6, 6.07) is 0.846. The van der Waals surface area contributed by atoms with Crippen LogP contribution in [0.3, 0.4) is 0 Å². The summed E-state index contributed by atoms with van der Waals surface area (Å²) in [7, 11) is 0. The van der Waals surface area contributed by atoms with E-state index >= 15 is 0 Å². The highest BCUT2D eigenvalue weighted by atomic mass is 35.5. The first-order valence-electron chi connectivity index (χ1n) is 7.90. The predicted octanol–water partition coefficient (Wildman–Crippen LogP) is 4.42. The van der Waals surface area contributed by atoms with Crippen LogP contribution in [-0.4, -0.2) is 41.2 Å². The van der Waals surface area contributed by atoms with Crippen LogP contribution >= 0.6 is 11.6 Å². The van der Waals surface area contributed by atoms with E-state index in [-0.39, 0.29) is 22.9 Å². The smallest absolute Gasteiger partial charge is 0.417 e. The van der Waals surface area contributed by atoms with E-state index in [9.17, 15) is 18.0 Å². The molecule has 1 aliphatic heterocycles. The Labute approximate surface area is 149 Å². The molecule has 0 radical (unpaired) electrons. The summed E-state index contributed by atoms with van der Waals surface area (Å²) in [5.41, 5.74) is -1.44. The molecular weight excluding hydrogens is 359 g/mol. The van der Waals surface area contributed by atoms with Crippen molar-refractivity contribution in [2.45, 2.75) is 39.0 Å². The second kappa shape index (κ2) is 7.27. The average Bonchev–Trinajstić information content (AvgIpc) is 2.92. The summed E-state index contributed by atoms with van der Waals surface area (Å²) < 4.78 is 43.1. The SMILES string of the molecule is CC(C)(C)OC(=O)N1CC[C@@H](CNc2ncc(C(F)(F)F)cc2Cl)C1. The first-order valence-corrected chi connectivity index (χ1v) is 8.28. The molecule has 0 unspecified atom stereocenters. The average molecular weight is 380 g/mol. The molecule has 0 saturated carbocycles. The van der Waals surface area contributed by atoms with Crippen LogP contribution in [0.2, 0.25) is 5.02 Å². The third-order valence-electron chi connectivity index (χ3n) is 3.66. The summed E-state index contributed by atoms with van der Waals surface area (Å²) in [4.78, 5) is 17.4. The molecule has 2 heterocycles. The van der Waals surface area contributed by atoms with E-state index in [4.69, 9.17) is 16.3 Å². The van der Waals surface area contributed by atoms with E-state index < -0.39 is 17.3 Å². The number of alkyl halides is 3. The van der Waals surface area contributed by atoms with Crippen LogP contribution < -0.4 is 5.32 Å². The first kappa shape index (κ1) is 19.6. The highest BCUT2D eigenvalue weighted by Crippen LogP contribution is 2.32.